The fourth-order valence-electron chi connectivity index (χ4n) is 3.56. The van der Waals surface area contributed by atoms with Gasteiger partial charge in [0, 0.05) is 36.5 Å². The first kappa shape index (κ1) is 18.8. The van der Waals surface area contributed by atoms with E-state index in [1.807, 2.05) is 13.2 Å². The normalized spacial score (nSPS) is 26.9. The van der Waals surface area contributed by atoms with Crippen molar-refractivity contribution in [3.63, 3.8) is 0 Å². The second kappa shape index (κ2) is 9.11. The van der Waals surface area contributed by atoms with Crippen molar-refractivity contribution >= 4 is 17.8 Å². The Morgan fingerprint density at radius 2 is 2.00 bits per heavy atom. The SMILES string of the molecule is CSC(CO)C(C)NC(=O)NC1CCN(C2CCN(C)CC2)C1. The van der Waals surface area contributed by atoms with Crippen molar-refractivity contribution in [3.05, 3.63) is 0 Å². The third kappa shape index (κ3) is 5.52. The molecule has 0 aromatic heterocycles. The molecule has 2 fully saturated rings. The van der Waals surface area contributed by atoms with Crippen LogP contribution < -0.4 is 10.6 Å². The van der Waals surface area contributed by atoms with Crippen LogP contribution in [-0.2, 0) is 0 Å². The van der Waals surface area contributed by atoms with E-state index < -0.39 is 0 Å². The summed E-state index contributed by atoms with van der Waals surface area (Å²) in [7, 11) is 2.18. The van der Waals surface area contributed by atoms with Crippen LogP contribution in [0.15, 0.2) is 0 Å². The van der Waals surface area contributed by atoms with Crippen molar-refractivity contribution in [2.45, 2.75) is 49.6 Å². The molecule has 2 rings (SSSR count). The Kier molecular flexibility index (Phi) is 7.46. The Bertz CT molecular complexity index is 373. The highest BCUT2D eigenvalue weighted by Crippen LogP contribution is 2.20. The van der Waals surface area contributed by atoms with Gasteiger partial charge in [-0.3, -0.25) is 4.90 Å². The molecule has 7 heteroatoms. The van der Waals surface area contributed by atoms with E-state index in [0.717, 1.165) is 19.5 Å². The van der Waals surface area contributed by atoms with E-state index in [9.17, 15) is 9.90 Å². The molecule has 2 amide bonds. The molecule has 0 spiro atoms. The number of aliphatic hydroxyl groups excluding tert-OH is 1. The standard InChI is InChI=1S/C16H32N4O2S/c1-12(15(11-21)23-3)17-16(22)18-13-4-9-20(10-13)14-5-7-19(2)8-6-14/h12-15,21H,4-11H2,1-3H3,(H2,17,18,22). The van der Waals surface area contributed by atoms with E-state index in [1.54, 1.807) is 11.8 Å². The second-order valence-electron chi connectivity index (χ2n) is 6.88. The molecule has 2 heterocycles. The molecule has 0 saturated carbocycles. The number of aliphatic hydroxyl groups is 1. The molecule has 2 aliphatic rings. The fraction of sp³-hybridized carbons (Fsp3) is 0.938. The summed E-state index contributed by atoms with van der Waals surface area (Å²) in [6.45, 7) is 6.41. The largest absolute Gasteiger partial charge is 0.395 e. The van der Waals surface area contributed by atoms with E-state index in [-0.39, 0.29) is 30.0 Å². The van der Waals surface area contributed by atoms with Gasteiger partial charge in [-0.1, -0.05) is 0 Å². The smallest absolute Gasteiger partial charge is 0.315 e. The van der Waals surface area contributed by atoms with Gasteiger partial charge in [-0.2, -0.15) is 11.8 Å². The molecule has 23 heavy (non-hydrogen) atoms. The van der Waals surface area contributed by atoms with Crippen molar-refractivity contribution in [1.82, 2.24) is 20.4 Å². The maximum Gasteiger partial charge on any atom is 0.315 e. The lowest BCUT2D eigenvalue weighted by atomic mass is 10.0. The van der Waals surface area contributed by atoms with Crippen LogP contribution in [0.5, 0.6) is 0 Å². The van der Waals surface area contributed by atoms with Gasteiger partial charge in [-0.15, -0.1) is 0 Å². The molecule has 3 atom stereocenters. The van der Waals surface area contributed by atoms with Gasteiger partial charge < -0.3 is 20.6 Å². The summed E-state index contributed by atoms with van der Waals surface area (Å²) in [5, 5.41) is 15.4. The van der Waals surface area contributed by atoms with Crippen LogP contribution >= 0.6 is 11.8 Å². The summed E-state index contributed by atoms with van der Waals surface area (Å²) >= 11 is 1.58. The Morgan fingerprint density at radius 1 is 1.30 bits per heavy atom. The number of rotatable bonds is 6. The molecule has 6 nitrogen and oxygen atoms in total. The molecule has 3 N–H and O–H groups in total. The van der Waals surface area contributed by atoms with E-state index in [2.05, 4.69) is 27.5 Å². The van der Waals surface area contributed by atoms with Gasteiger partial charge in [-0.05, 0) is 52.6 Å². The summed E-state index contributed by atoms with van der Waals surface area (Å²) < 4.78 is 0. The van der Waals surface area contributed by atoms with Gasteiger partial charge in [-0.25, -0.2) is 4.79 Å². The second-order valence-corrected chi connectivity index (χ2v) is 7.96. The Morgan fingerprint density at radius 3 is 2.61 bits per heavy atom. The number of thioether (sulfide) groups is 1. The first-order chi connectivity index (χ1) is 11.0. The predicted molar refractivity (Wildman–Crippen MR) is 96.0 cm³/mol. The topological polar surface area (TPSA) is 67.8 Å². The number of piperidine rings is 1. The van der Waals surface area contributed by atoms with Crippen molar-refractivity contribution in [1.29, 1.82) is 0 Å². The molecule has 0 aromatic carbocycles. The first-order valence-corrected chi connectivity index (χ1v) is 9.95. The average molecular weight is 345 g/mol. The zero-order valence-electron chi connectivity index (χ0n) is 14.6. The minimum absolute atomic E-state index is 0.0404. The highest BCUT2D eigenvalue weighted by molar-refractivity contribution is 7.99. The van der Waals surface area contributed by atoms with Gasteiger partial charge in [0.1, 0.15) is 0 Å². The highest BCUT2D eigenvalue weighted by atomic mass is 32.2. The maximum absolute atomic E-state index is 12.1. The monoisotopic (exact) mass is 344 g/mol. The minimum Gasteiger partial charge on any atom is -0.395 e. The Labute approximate surface area is 144 Å². The summed E-state index contributed by atoms with van der Waals surface area (Å²) in [5.41, 5.74) is 0. The number of hydrogen-bond donors (Lipinski definition) is 3. The summed E-state index contributed by atoms with van der Waals surface area (Å²) in [5.74, 6) is 0. The Hall–Kier alpha value is -0.500. The molecule has 0 aromatic rings. The fourth-order valence-corrected chi connectivity index (χ4v) is 4.19. The molecule has 3 unspecified atom stereocenters. The van der Waals surface area contributed by atoms with Crippen LogP contribution in [0.1, 0.15) is 26.2 Å². The molecule has 0 radical (unpaired) electrons. The van der Waals surface area contributed by atoms with Crippen molar-refractivity contribution in [2.24, 2.45) is 0 Å². The van der Waals surface area contributed by atoms with Crippen molar-refractivity contribution in [3.8, 4) is 0 Å². The molecular weight excluding hydrogens is 312 g/mol. The lowest BCUT2D eigenvalue weighted by Crippen LogP contribution is -2.50. The number of amides is 2. The summed E-state index contributed by atoms with van der Waals surface area (Å²) in [6, 6.07) is 0.764. The van der Waals surface area contributed by atoms with E-state index in [4.69, 9.17) is 0 Å². The Balaban J connectivity index is 1.71. The van der Waals surface area contributed by atoms with Crippen LogP contribution in [0.4, 0.5) is 4.79 Å². The number of carbonyl (C=O) groups is 1. The third-order valence-electron chi connectivity index (χ3n) is 5.16. The molecule has 0 aliphatic carbocycles. The van der Waals surface area contributed by atoms with Gasteiger partial charge >= 0.3 is 6.03 Å². The van der Waals surface area contributed by atoms with Crippen LogP contribution in [0, 0.1) is 0 Å². The molecule has 134 valence electrons. The van der Waals surface area contributed by atoms with Gasteiger partial charge in [0.15, 0.2) is 0 Å². The lowest BCUT2D eigenvalue weighted by molar-refractivity contribution is 0.141. The predicted octanol–water partition coefficient (Wildman–Crippen LogP) is 0.567. The van der Waals surface area contributed by atoms with Crippen LogP contribution in [0.3, 0.4) is 0 Å². The maximum atomic E-state index is 12.1. The van der Waals surface area contributed by atoms with Gasteiger partial charge in [0.05, 0.1) is 6.61 Å². The van der Waals surface area contributed by atoms with Gasteiger partial charge in [0.25, 0.3) is 0 Å². The molecular formula is C16H32N4O2S. The van der Waals surface area contributed by atoms with E-state index >= 15 is 0 Å². The number of nitrogens with zero attached hydrogens (tertiary/aromatic N) is 2. The summed E-state index contributed by atoms with van der Waals surface area (Å²) in [6.07, 6.45) is 5.45. The van der Waals surface area contributed by atoms with Crippen molar-refractivity contribution in [2.75, 3.05) is 46.1 Å². The molecule has 2 saturated heterocycles. The zero-order chi connectivity index (χ0) is 16.8. The zero-order valence-corrected chi connectivity index (χ0v) is 15.4. The number of hydrogen-bond acceptors (Lipinski definition) is 5. The number of nitrogens with one attached hydrogen (secondary N) is 2. The first-order valence-electron chi connectivity index (χ1n) is 8.66. The number of carbonyl (C=O) groups excluding carboxylic acids is 1. The van der Waals surface area contributed by atoms with Crippen molar-refractivity contribution < 1.29 is 9.90 Å². The van der Waals surface area contributed by atoms with Crippen LogP contribution in [0.2, 0.25) is 0 Å². The lowest BCUT2D eigenvalue weighted by Gasteiger charge is -2.35. The molecule has 0 bridgehead atoms. The van der Waals surface area contributed by atoms with Crippen LogP contribution in [-0.4, -0.2) is 90.4 Å². The summed E-state index contributed by atoms with van der Waals surface area (Å²) in [4.78, 5) is 17.1. The minimum atomic E-state index is -0.111. The quantitative estimate of drug-likeness (QED) is 0.657. The number of urea groups is 1. The van der Waals surface area contributed by atoms with Gasteiger partial charge in [0.2, 0.25) is 0 Å². The van der Waals surface area contributed by atoms with E-state index in [0.29, 0.717) is 6.04 Å². The van der Waals surface area contributed by atoms with E-state index in [1.165, 1.54) is 25.9 Å². The molecule has 2 aliphatic heterocycles. The number of likely N-dealkylation sites (tertiary alicyclic amines) is 2. The average Bonchev–Trinajstić information content (AvgIpc) is 2.97. The highest BCUT2D eigenvalue weighted by Gasteiger charge is 2.31. The van der Waals surface area contributed by atoms with Crippen LogP contribution in [0.25, 0.3) is 0 Å². The third-order valence-corrected chi connectivity index (χ3v) is 6.32.